The van der Waals surface area contributed by atoms with Crippen LogP contribution in [0.15, 0.2) is 59.9 Å². The quantitative estimate of drug-likeness (QED) is 0.573. The Bertz CT molecular complexity index is 1120. The van der Waals surface area contributed by atoms with Crippen LogP contribution in [-0.4, -0.2) is 35.3 Å². The van der Waals surface area contributed by atoms with Gasteiger partial charge in [-0.25, -0.2) is 13.4 Å². The lowest BCUT2D eigenvalue weighted by Crippen LogP contribution is -2.39. The van der Waals surface area contributed by atoms with Gasteiger partial charge < -0.3 is 4.40 Å². The summed E-state index contributed by atoms with van der Waals surface area (Å²) >= 11 is 0. The number of sulfonamides is 1. The third kappa shape index (κ3) is 4.08. The summed E-state index contributed by atoms with van der Waals surface area (Å²) in [7, 11) is -3.92. The molecule has 0 spiro atoms. The van der Waals surface area contributed by atoms with Crippen LogP contribution in [-0.2, 0) is 16.2 Å². The van der Waals surface area contributed by atoms with Gasteiger partial charge in [-0.05, 0) is 23.8 Å². The Morgan fingerprint density at radius 3 is 2.17 bits per heavy atom. The number of nitrogens with zero attached hydrogens (tertiary/aromatic N) is 3. The predicted molar refractivity (Wildman–Crippen MR) is 90.4 cm³/mol. The molecule has 156 valence electrons. The first-order chi connectivity index (χ1) is 13.3. The number of hydrogen-bond acceptors (Lipinski definition) is 3. The van der Waals surface area contributed by atoms with Crippen molar-refractivity contribution in [3.8, 4) is 0 Å². The molecule has 0 aliphatic rings. The Labute approximate surface area is 161 Å². The molecule has 0 amide bonds. The molecule has 0 unspecified atom stereocenters. The fourth-order valence-electron chi connectivity index (χ4n) is 2.82. The smallest absolute Gasteiger partial charge is 0.307 e. The summed E-state index contributed by atoms with van der Waals surface area (Å²) in [5, 5.41) is 0. The summed E-state index contributed by atoms with van der Waals surface area (Å²) < 4.78 is 106. The van der Waals surface area contributed by atoms with Crippen LogP contribution in [0.1, 0.15) is 17.2 Å². The first-order valence-corrected chi connectivity index (χ1v) is 9.40. The molecule has 0 aliphatic carbocycles. The molecule has 1 aromatic carbocycles. The van der Waals surface area contributed by atoms with Gasteiger partial charge in [-0.1, -0.05) is 12.1 Å². The standard InChI is InChI=1S/C17H13F6N3O2S/c1-25(29(27,28)13-6-8-26-9-7-24-14(26)10-13)15(17(21,22)23)11-2-4-12(5-3-11)16(18,19)20/h2-10,15H,1H3/t15-/m1/s1. The molecular formula is C17H13F6N3O2S. The van der Waals surface area contributed by atoms with Gasteiger partial charge in [0.1, 0.15) is 11.7 Å². The summed E-state index contributed by atoms with van der Waals surface area (Å²) in [5.41, 5.74) is -1.58. The molecule has 2 aromatic heterocycles. The second kappa shape index (κ2) is 7.02. The van der Waals surface area contributed by atoms with Gasteiger partial charge in [0, 0.05) is 31.7 Å². The van der Waals surface area contributed by atoms with E-state index in [1.165, 1.54) is 23.0 Å². The third-order valence-corrected chi connectivity index (χ3v) is 6.09. The van der Waals surface area contributed by atoms with Gasteiger partial charge in [0.2, 0.25) is 10.0 Å². The van der Waals surface area contributed by atoms with Crippen LogP contribution in [0.25, 0.3) is 5.65 Å². The zero-order valence-corrected chi connectivity index (χ0v) is 15.4. The molecule has 0 saturated carbocycles. The Morgan fingerprint density at radius 1 is 1.00 bits per heavy atom. The van der Waals surface area contributed by atoms with Crippen LogP contribution in [0.5, 0.6) is 0 Å². The number of benzene rings is 1. The fraction of sp³-hybridized carbons (Fsp3) is 0.235. The van der Waals surface area contributed by atoms with Crippen molar-refractivity contribution in [2.75, 3.05) is 7.05 Å². The van der Waals surface area contributed by atoms with Crippen LogP contribution in [0.2, 0.25) is 0 Å². The average Bonchev–Trinajstić information content (AvgIpc) is 3.08. The molecule has 0 fully saturated rings. The monoisotopic (exact) mass is 437 g/mol. The van der Waals surface area contributed by atoms with Gasteiger partial charge >= 0.3 is 12.4 Å². The van der Waals surface area contributed by atoms with Crippen molar-refractivity contribution in [2.45, 2.75) is 23.3 Å². The Hall–Kier alpha value is -2.60. The minimum atomic E-state index is -5.07. The van der Waals surface area contributed by atoms with Crippen LogP contribution < -0.4 is 0 Å². The van der Waals surface area contributed by atoms with Gasteiger partial charge in [-0.2, -0.15) is 30.6 Å². The van der Waals surface area contributed by atoms with Crippen molar-refractivity contribution >= 4 is 15.7 Å². The van der Waals surface area contributed by atoms with Crippen LogP contribution in [0, 0.1) is 0 Å². The van der Waals surface area contributed by atoms with Crippen LogP contribution in [0.3, 0.4) is 0 Å². The molecule has 0 N–H and O–H groups in total. The highest BCUT2D eigenvalue weighted by atomic mass is 32.2. The summed E-state index contributed by atoms with van der Waals surface area (Å²) in [4.78, 5) is 3.46. The molecule has 1 atom stereocenters. The van der Waals surface area contributed by atoms with Gasteiger partial charge in [-0.3, -0.25) is 0 Å². The SMILES string of the molecule is CN([C@H](c1ccc(C(F)(F)F)cc1)C(F)(F)F)S(=O)(=O)c1ccn2ccnc2c1. The number of alkyl halides is 6. The van der Waals surface area contributed by atoms with Gasteiger partial charge in [0.15, 0.2) is 0 Å². The lowest BCUT2D eigenvalue weighted by Gasteiger charge is -2.29. The zero-order chi connectivity index (χ0) is 21.6. The summed E-state index contributed by atoms with van der Waals surface area (Å²) in [6.07, 6.45) is -5.57. The van der Waals surface area contributed by atoms with Crippen molar-refractivity contribution in [1.29, 1.82) is 0 Å². The van der Waals surface area contributed by atoms with Gasteiger partial charge in [0.25, 0.3) is 0 Å². The minimum Gasteiger partial charge on any atom is -0.307 e. The van der Waals surface area contributed by atoms with E-state index in [4.69, 9.17) is 0 Å². The van der Waals surface area contributed by atoms with E-state index in [9.17, 15) is 34.8 Å². The molecule has 0 bridgehead atoms. The zero-order valence-electron chi connectivity index (χ0n) is 14.6. The van der Waals surface area contributed by atoms with Crippen molar-refractivity contribution in [2.24, 2.45) is 0 Å². The molecule has 0 aliphatic heterocycles. The fourth-order valence-corrected chi connectivity index (χ4v) is 4.15. The predicted octanol–water partition coefficient (Wildman–Crippen LogP) is 4.28. The first-order valence-electron chi connectivity index (χ1n) is 7.96. The highest BCUT2D eigenvalue weighted by Gasteiger charge is 2.48. The Kier molecular flexibility index (Phi) is 5.11. The van der Waals surface area contributed by atoms with Crippen LogP contribution >= 0.6 is 0 Å². The largest absolute Gasteiger partial charge is 0.416 e. The summed E-state index contributed by atoms with van der Waals surface area (Å²) in [6, 6.07) is 1.73. The van der Waals surface area contributed by atoms with Crippen molar-refractivity contribution in [1.82, 2.24) is 13.7 Å². The molecule has 5 nitrogen and oxygen atoms in total. The first kappa shape index (κ1) is 21.1. The van der Waals surface area contributed by atoms with E-state index < -0.39 is 44.4 Å². The molecule has 12 heteroatoms. The van der Waals surface area contributed by atoms with E-state index in [0.717, 1.165) is 19.2 Å². The summed E-state index contributed by atoms with van der Waals surface area (Å²) in [5.74, 6) is 0. The highest BCUT2D eigenvalue weighted by molar-refractivity contribution is 7.89. The third-order valence-electron chi connectivity index (χ3n) is 4.27. The van der Waals surface area contributed by atoms with E-state index in [1.54, 1.807) is 0 Å². The maximum Gasteiger partial charge on any atom is 0.416 e. The molecule has 0 saturated heterocycles. The van der Waals surface area contributed by atoms with Crippen LogP contribution in [0.4, 0.5) is 26.3 Å². The van der Waals surface area contributed by atoms with E-state index in [0.29, 0.717) is 24.3 Å². The number of rotatable bonds is 4. The van der Waals surface area contributed by atoms with E-state index in [2.05, 4.69) is 4.98 Å². The Morgan fingerprint density at radius 2 is 1.62 bits per heavy atom. The summed E-state index contributed by atoms with van der Waals surface area (Å²) in [6.45, 7) is 0. The van der Waals surface area contributed by atoms with Crippen molar-refractivity contribution in [3.63, 3.8) is 0 Å². The maximum atomic E-state index is 13.7. The maximum absolute atomic E-state index is 13.7. The lowest BCUT2D eigenvalue weighted by molar-refractivity contribution is -0.171. The van der Waals surface area contributed by atoms with Crippen molar-refractivity contribution < 1.29 is 34.8 Å². The molecular weight excluding hydrogens is 424 g/mol. The second-order valence-corrected chi connectivity index (χ2v) is 8.14. The van der Waals surface area contributed by atoms with E-state index in [-0.39, 0.29) is 9.95 Å². The highest BCUT2D eigenvalue weighted by Crippen LogP contribution is 2.40. The number of halogens is 6. The number of fused-ring (bicyclic) bond motifs is 1. The van der Waals surface area contributed by atoms with E-state index in [1.807, 2.05) is 0 Å². The second-order valence-electron chi connectivity index (χ2n) is 6.14. The topological polar surface area (TPSA) is 54.7 Å². The molecule has 3 aromatic rings. The van der Waals surface area contributed by atoms with Crippen molar-refractivity contribution in [3.05, 3.63) is 66.1 Å². The molecule has 2 heterocycles. The molecule has 3 rings (SSSR count). The lowest BCUT2D eigenvalue weighted by atomic mass is 10.0. The average molecular weight is 437 g/mol. The molecule has 0 radical (unpaired) electrons. The van der Waals surface area contributed by atoms with E-state index >= 15 is 0 Å². The Balaban J connectivity index is 2.04. The van der Waals surface area contributed by atoms with Gasteiger partial charge in [-0.15, -0.1) is 0 Å². The minimum absolute atomic E-state index is 0.0877. The number of hydrogen-bond donors (Lipinski definition) is 0. The normalized spacial score (nSPS) is 14.5. The van der Waals surface area contributed by atoms with Gasteiger partial charge in [0.05, 0.1) is 10.5 Å². The number of pyridine rings is 1. The number of aromatic nitrogens is 2. The molecule has 29 heavy (non-hydrogen) atoms. The number of imidazole rings is 1.